The van der Waals surface area contributed by atoms with Gasteiger partial charge in [-0.2, -0.15) is 0 Å². The highest BCUT2D eigenvalue weighted by molar-refractivity contribution is 7.22. The molecule has 5 rings (SSSR count). The molecule has 0 saturated heterocycles. The molecule has 96 valence electrons. The zero-order valence-corrected chi connectivity index (χ0v) is 11.8. The summed E-state index contributed by atoms with van der Waals surface area (Å²) in [5.74, 6) is 0. The lowest BCUT2D eigenvalue weighted by molar-refractivity contribution is -0.644. The summed E-state index contributed by atoms with van der Waals surface area (Å²) in [7, 11) is 2.15. The largest absolute Gasteiger partial charge is 0.301 e. The summed E-state index contributed by atoms with van der Waals surface area (Å²) in [6.45, 7) is 0.933. The minimum atomic E-state index is 0.933. The summed E-state index contributed by atoms with van der Waals surface area (Å²) >= 11 is 1.86. The molecule has 4 aromatic rings. The Morgan fingerprint density at radius 2 is 2.10 bits per heavy atom. The lowest BCUT2D eigenvalue weighted by Crippen LogP contribution is -2.32. The molecule has 0 saturated carbocycles. The number of hydrogen-bond donors (Lipinski definition) is 0. The number of rotatable bonds is 0. The highest BCUT2D eigenvalue weighted by atomic mass is 32.1. The van der Waals surface area contributed by atoms with Crippen LogP contribution in [-0.4, -0.2) is 9.55 Å². The first-order chi connectivity index (χ1) is 9.84. The topological polar surface area (TPSA) is 21.7 Å². The maximum absolute atomic E-state index is 4.57. The van der Waals surface area contributed by atoms with Crippen molar-refractivity contribution in [3.8, 4) is 10.7 Å². The highest BCUT2D eigenvalue weighted by Gasteiger charge is 2.32. The van der Waals surface area contributed by atoms with Gasteiger partial charge in [-0.1, -0.05) is 29.5 Å². The van der Waals surface area contributed by atoms with Crippen LogP contribution < -0.4 is 4.57 Å². The molecular weight excluding hydrogens is 266 g/mol. The van der Waals surface area contributed by atoms with E-state index in [1.807, 2.05) is 23.6 Å². The van der Waals surface area contributed by atoms with Gasteiger partial charge in [0.1, 0.15) is 22.5 Å². The molecule has 1 aliphatic rings. The van der Waals surface area contributed by atoms with Gasteiger partial charge in [0.15, 0.2) is 0 Å². The number of aryl methyl sites for hydroxylation is 1. The fourth-order valence-electron chi connectivity index (χ4n) is 3.25. The van der Waals surface area contributed by atoms with E-state index >= 15 is 0 Å². The molecule has 3 aromatic heterocycles. The van der Waals surface area contributed by atoms with Crippen LogP contribution >= 0.6 is 11.3 Å². The third-order valence-electron chi connectivity index (χ3n) is 4.15. The average molecular weight is 278 g/mol. The molecule has 1 aliphatic heterocycles. The lowest BCUT2D eigenvalue weighted by atomic mass is 10.2. The standard InChI is InChI=1S/C16H12N3S/c1-18-12-7-3-2-6-11(12)14-15(18)19-9-10-5-4-8-17-13(10)16(19)20-14/h2-8H,9H2,1H3/q+1. The number of para-hydroxylation sites is 1. The second-order valence-corrected chi connectivity index (χ2v) is 6.23. The Morgan fingerprint density at radius 1 is 1.20 bits per heavy atom. The summed E-state index contributed by atoms with van der Waals surface area (Å²) in [6, 6.07) is 12.8. The predicted molar refractivity (Wildman–Crippen MR) is 80.8 cm³/mol. The molecular formula is C16H12N3S+. The molecule has 0 fully saturated rings. The predicted octanol–water partition coefficient (Wildman–Crippen LogP) is 3.10. The first-order valence-electron chi connectivity index (χ1n) is 6.68. The number of aromatic nitrogens is 3. The molecule has 4 heterocycles. The van der Waals surface area contributed by atoms with E-state index in [-0.39, 0.29) is 0 Å². The van der Waals surface area contributed by atoms with Crippen molar-refractivity contribution in [2.45, 2.75) is 6.54 Å². The summed E-state index contributed by atoms with van der Waals surface area (Å²) in [5.41, 5.74) is 5.08. The normalized spacial score (nSPS) is 13.1. The summed E-state index contributed by atoms with van der Waals surface area (Å²) in [6.07, 6.45) is 1.89. The minimum Gasteiger partial charge on any atom is -0.251 e. The molecule has 0 amide bonds. The van der Waals surface area contributed by atoms with Gasteiger partial charge in [0, 0.05) is 17.1 Å². The van der Waals surface area contributed by atoms with Gasteiger partial charge in [-0.15, -0.1) is 0 Å². The number of benzene rings is 1. The monoisotopic (exact) mass is 278 g/mol. The zero-order valence-electron chi connectivity index (χ0n) is 11.0. The van der Waals surface area contributed by atoms with Gasteiger partial charge in [-0.25, -0.2) is 9.13 Å². The van der Waals surface area contributed by atoms with Crippen LogP contribution in [0.5, 0.6) is 0 Å². The van der Waals surface area contributed by atoms with E-state index in [0.29, 0.717) is 0 Å². The Morgan fingerprint density at radius 3 is 3.05 bits per heavy atom. The highest BCUT2D eigenvalue weighted by Crippen LogP contribution is 2.38. The first-order valence-corrected chi connectivity index (χ1v) is 7.50. The van der Waals surface area contributed by atoms with Crippen LogP contribution in [0.2, 0.25) is 0 Å². The molecule has 0 unspecified atom stereocenters. The van der Waals surface area contributed by atoms with Gasteiger partial charge in [0.25, 0.3) is 0 Å². The average Bonchev–Trinajstić information content (AvgIpc) is 3.09. The molecule has 0 N–H and O–H groups in total. The van der Waals surface area contributed by atoms with Crippen molar-refractivity contribution in [1.29, 1.82) is 0 Å². The molecule has 1 aromatic carbocycles. The fourth-order valence-corrected chi connectivity index (χ4v) is 4.61. The van der Waals surface area contributed by atoms with Crippen LogP contribution in [0.25, 0.3) is 32.0 Å². The molecule has 0 atom stereocenters. The molecule has 0 spiro atoms. The van der Waals surface area contributed by atoms with Crippen molar-refractivity contribution in [2.75, 3.05) is 0 Å². The zero-order chi connectivity index (χ0) is 13.3. The molecule has 20 heavy (non-hydrogen) atoms. The van der Waals surface area contributed by atoms with E-state index in [1.165, 1.54) is 31.8 Å². The summed E-state index contributed by atoms with van der Waals surface area (Å²) < 4.78 is 6.07. The Labute approximate surface area is 119 Å². The Balaban J connectivity index is 1.97. The first kappa shape index (κ1) is 10.6. The van der Waals surface area contributed by atoms with Crippen molar-refractivity contribution >= 4 is 32.6 Å². The van der Waals surface area contributed by atoms with Gasteiger partial charge in [0.2, 0.25) is 5.01 Å². The van der Waals surface area contributed by atoms with E-state index in [1.54, 1.807) is 0 Å². The van der Waals surface area contributed by atoms with Crippen LogP contribution in [0, 0.1) is 0 Å². The number of nitrogens with zero attached hydrogens (tertiary/aromatic N) is 3. The van der Waals surface area contributed by atoms with Crippen molar-refractivity contribution in [3.05, 3.63) is 48.2 Å². The van der Waals surface area contributed by atoms with Crippen LogP contribution in [0.1, 0.15) is 5.56 Å². The Kier molecular flexibility index (Phi) is 1.83. The third-order valence-corrected chi connectivity index (χ3v) is 5.37. The van der Waals surface area contributed by atoms with Crippen molar-refractivity contribution in [2.24, 2.45) is 7.05 Å². The number of pyridine rings is 1. The third kappa shape index (κ3) is 1.11. The molecule has 3 nitrogen and oxygen atoms in total. The van der Waals surface area contributed by atoms with Gasteiger partial charge in [0.05, 0.1) is 7.05 Å². The van der Waals surface area contributed by atoms with E-state index in [4.69, 9.17) is 0 Å². The van der Waals surface area contributed by atoms with Crippen LogP contribution in [-0.2, 0) is 13.6 Å². The molecule has 0 aliphatic carbocycles. The van der Waals surface area contributed by atoms with E-state index < -0.39 is 0 Å². The maximum atomic E-state index is 4.57. The smallest absolute Gasteiger partial charge is 0.251 e. The lowest BCUT2D eigenvalue weighted by Gasteiger charge is -1.93. The minimum absolute atomic E-state index is 0.933. The van der Waals surface area contributed by atoms with Gasteiger partial charge < -0.3 is 0 Å². The van der Waals surface area contributed by atoms with E-state index in [2.05, 4.69) is 51.5 Å². The van der Waals surface area contributed by atoms with Crippen molar-refractivity contribution in [3.63, 3.8) is 0 Å². The Bertz CT molecular complexity index is 994. The van der Waals surface area contributed by atoms with E-state index in [0.717, 1.165) is 12.2 Å². The Hall–Kier alpha value is -2.20. The fraction of sp³-hybridized carbons (Fsp3) is 0.125. The SMILES string of the molecule is Cn1c2ccccc2c2sc3[n+](c21)Cc1cccnc1-3. The van der Waals surface area contributed by atoms with Crippen LogP contribution in [0.4, 0.5) is 0 Å². The second-order valence-electron chi connectivity index (χ2n) is 5.23. The van der Waals surface area contributed by atoms with Crippen molar-refractivity contribution in [1.82, 2.24) is 9.55 Å². The van der Waals surface area contributed by atoms with Gasteiger partial charge >= 0.3 is 5.65 Å². The number of thiazole rings is 1. The number of fused-ring (bicyclic) bond motifs is 7. The van der Waals surface area contributed by atoms with Crippen LogP contribution in [0.3, 0.4) is 0 Å². The summed E-state index contributed by atoms with van der Waals surface area (Å²) in [4.78, 5) is 4.57. The summed E-state index contributed by atoms with van der Waals surface area (Å²) in [5, 5.41) is 2.63. The molecule has 0 bridgehead atoms. The second kappa shape index (κ2) is 3.46. The van der Waals surface area contributed by atoms with Crippen molar-refractivity contribution < 1.29 is 4.57 Å². The maximum Gasteiger partial charge on any atom is 0.301 e. The van der Waals surface area contributed by atoms with Gasteiger partial charge in [-0.05, 0) is 18.2 Å². The quantitative estimate of drug-likeness (QED) is 0.399. The van der Waals surface area contributed by atoms with E-state index in [9.17, 15) is 0 Å². The number of hydrogen-bond acceptors (Lipinski definition) is 2. The van der Waals surface area contributed by atoms with Crippen LogP contribution in [0.15, 0.2) is 42.6 Å². The molecule has 4 heteroatoms. The van der Waals surface area contributed by atoms with Gasteiger partial charge in [-0.3, -0.25) is 4.98 Å². The molecule has 0 radical (unpaired) electrons.